The number of hydrogen-bond acceptors (Lipinski definition) is 3. The summed E-state index contributed by atoms with van der Waals surface area (Å²) in [5, 5.41) is 6.17. The molecule has 0 bridgehead atoms. The van der Waals surface area contributed by atoms with Crippen LogP contribution in [0.15, 0.2) is 71.8 Å². The van der Waals surface area contributed by atoms with Crippen LogP contribution in [0.25, 0.3) is 0 Å². The zero-order valence-electron chi connectivity index (χ0n) is 14.3. The van der Waals surface area contributed by atoms with Crippen LogP contribution in [0.3, 0.4) is 0 Å². The molecule has 0 saturated heterocycles. The predicted molar refractivity (Wildman–Crippen MR) is 113 cm³/mol. The van der Waals surface area contributed by atoms with E-state index in [0.717, 1.165) is 22.4 Å². The Balaban J connectivity index is 1.60. The van der Waals surface area contributed by atoms with Crippen molar-refractivity contribution in [3.63, 3.8) is 0 Å². The van der Waals surface area contributed by atoms with Gasteiger partial charge in [-0.05, 0) is 42.0 Å². The highest BCUT2D eigenvalue weighted by atomic mass is 35.5. The van der Waals surface area contributed by atoms with E-state index in [9.17, 15) is 0 Å². The molecule has 138 valence electrons. The van der Waals surface area contributed by atoms with Gasteiger partial charge in [-0.2, -0.15) is 5.10 Å². The van der Waals surface area contributed by atoms with Gasteiger partial charge in [0.05, 0.1) is 12.8 Å². The van der Waals surface area contributed by atoms with E-state index in [0.29, 0.717) is 28.2 Å². The summed E-state index contributed by atoms with van der Waals surface area (Å²) in [4.78, 5) is 0. The van der Waals surface area contributed by atoms with Gasteiger partial charge < -0.3 is 10.2 Å². The van der Waals surface area contributed by atoms with E-state index < -0.39 is 0 Å². The lowest BCUT2D eigenvalue weighted by Crippen LogP contribution is -2.06. The third kappa shape index (κ3) is 5.90. The number of para-hydroxylation sites is 1. The van der Waals surface area contributed by atoms with Crippen molar-refractivity contribution >= 4 is 41.0 Å². The van der Waals surface area contributed by atoms with E-state index in [-0.39, 0.29) is 0 Å². The smallest absolute Gasteiger partial charge is 0.128 e. The average Bonchev–Trinajstić information content (AvgIpc) is 2.67. The SMILES string of the molecule is Clc1ccc(CN/N=C\c2ccccc2OCc2ccc(Cl)cc2Cl)cc1. The zero-order chi connectivity index (χ0) is 19.1. The summed E-state index contributed by atoms with van der Waals surface area (Å²) in [6.07, 6.45) is 1.73. The van der Waals surface area contributed by atoms with Gasteiger partial charge in [-0.3, -0.25) is 0 Å². The van der Waals surface area contributed by atoms with Crippen molar-refractivity contribution in [3.05, 3.63) is 98.5 Å². The Kier molecular flexibility index (Phi) is 6.99. The monoisotopic (exact) mass is 418 g/mol. The first-order valence-electron chi connectivity index (χ1n) is 8.28. The molecule has 0 aliphatic heterocycles. The zero-order valence-corrected chi connectivity index (χ0v) is 16.6. The number of benzene rings is 3. The number of rotatable bonds is 7. The topological polar surface area (TPSA) is 33.6 Å². The fraction of sp³-hybridized carbons (Fsp3) is 0.0952. The molecule has 0 unspecified atom stereocenters. The predicted octanol–water partition coefficient (Wildman–Crippen LogP) is 6.35. The molecule has 0 spiro atoms. The maximum atomic E-state index is 6.20. The molecular formula is C21H17Cl3N2O. The second kappa shape index (κ2) is 9.65. The minimum absolute atomic E-state index is 0.346. The van der Waals surface area contributed by atoms with Gasteiger partial charge in [0.1, 0.15) is 12.4 Å². The number of halogens is 3. The lowest BCUT2D eigenvalue weighted by molar-refractivity contribution is 0.306. The van der Waals surface area contributed by atoms with Crippen molar-refractivity contribution in [2.75, 3.05) is 0 Å². The van der Waals surface area contributed by atoms with Crippen molar-refractivity contribution in [2.24, 2.45) is 5.10 Å². The van der Waals surface area contributed by atoms with E-state index in [2.05, 4.69) is 10.5 Å². The number of nitrogens with zero attached hydrogens (tertiary/aromatic N) is 1. The molecule has 3 aromatic carbocycles. The van der Waals surface area contributed by atoms with Crippen LogP contribution in [0.2, 0.25) is 15.1 Å². The summed E-state index contributed by atoms with van der Waals surface area (Å²) in [6, 6.07) is 20.7. The molecule has 1 N–H and O–H groups in total. The number of hydrazone groups is 1. The number of hydrogen-bond donors (Lipinski definition) is 1. The maximum Gasteiger partial charge on any atom is 0.128 e. The molecule has 0 fully saturated rings. The minimum Gasteiger partial charge on any atom is -0.488 e. The Morgan fingerprint density at radius 3 is 2.41 bits per heavy atom. The van der Waals surface area contributed by atoms with Gasteiger partial charge in [0.2, 0.25) is 0 Å². The lowest BCUT2D eigenvalue weighted by atomic mass is 10.2. The van der Waals surface area contributed by atoms with Crippen LogP contribution < -0.4 is 10.2 Å². The fourth-order valence-corrected chi connectivity index (χ4v) is 2.96. The molecule has 0 aliphatic rings. The Morgan fingerprint density at radius 1 is 0.889 bits per heavy atom. The fourth-order valence-electron chi connectivity index (χ4n) is 2.37. The lowest BCUT2D eigenvalue weighted by Gasteiger charge is -2.10. The Bertz CT molecular complexity index is 927. The van der Waals surface area contributed by atoms with Crippen molar-refractivity contribution < 1.29 is 4.74 Å². The summed E-state index contributed by atoms with van der Waals surface area (Å²) in [5.41, 5.74) is 5.85. The van der Waals surface area contributed by atoms with Gasteiger partial charge >= 0.3 is 0 Å². The highest BCUT2D eigenvalue weighted by Crippen LogP contribution is 2.23. The molecule has 3 nitrogen and oxygen atoms in total. The number of ether oxygens (including phenoxy) is 1. The van der Waals surface area contributed by atoms with Gasteiger partial charge in [0, 0.05) is 26.2 Å². The van der Waals surface area contributed by atoms with Crippen LogP contribution in [0.5, 0.6) is 5.75 Å². The minimum atomic E-state index is 0.346. The van der Waals surface area contributed by atoms with E-state index in [1.165, 1.54) is 0 Å². The molecule has 3 rings (SSSR count). The quantitative estimate of drug-likeness (QED) is 0.357. The second-order valence-electron chi connectivity index (χ2n) is 5.78. The Hall–Kier alpha value is -2.20. The summed E-state index contributed by atoms with van der Waals surface area (Å²) in [5.74, 6) is 0.723. The highest BCUT2D eigenvalue weighted by molar-refractivity contribution is 6.35. The molecule has 0 saturated carbocycles. The average molecular weight is 420 g/mol. The molecule has 0 atom stereocenters. The first-order chi connectivity index (χ1) is 13.1. The van der Waals surface area contributed by atoms with E-state index in [1.54, 1.807) is 18.3 Å². The van der Waals surface area contributed by atoms with Crippen molar-refractivity contribution in [1.82, 2.24) is 5.43 Å². The molecule has 27 heavy (non-hydrogen) atoms. The van der Waals surface area contributed by atoms with E-state index in [4.69, 9.17) is 39.5 Å². The van der Waals surface area contributed by atoms with Gasteiger partial charge in [-0.15, -0.1) is 0 Å². The first kappa shape index (κ1) is 19.6. The van der Waals surface area contributed by atoms with Crippen molar-refractivity contribution in [3.8, 4) is 5.75 Å². The molecule has 6 heteroatoms. The Morgan fingerprint density at radius 2 is 1.63 bits per heavy atom. The van der Waals surface area contributed by atoms with Crippen LogP contribution in [0.4, 0.5) is 0 Å². The van der Waals surface area contributed by atoms with Gasteiger partial charge in [0.15, 0.2) is 0 Å². The molecule has 0 aromatic heterocycles. The molecule has 3 aromatic rings. The third-order valence-electron chi connectivity index (χ3n) is 3.81. The molecule has 0 amide bonds. The normalized spacial score (nSPS) is 10.9. The first-order valence-corrected chi connectivity index (χ1v) is 9.41. The standard InChI is InChI=1S/C21H17Cl3N2O/c22-18-8-5-15(6-9-18)12-25-26-13-16-3-1-2-4-21(16)27-14-17-7-10-19(23)11-20(17)24/h1-11,13,25H,12,14H2/b26-13-. The van der Waals surface area contributed by atoms with E-state index in [1.807, 2.05) is 54.6 Å². The molecule has 0 heterocycles. The summed E-state index contributed by atoms with van der Waals surface area (Å²) in [6.45, 7) is 0.954. The largest absolute Gasteiger partial charge is 0.488 e. The highest BCUT2D eigenvalue weighted by Gasteiger charge is 2.05. The molecule has 0 aliphatic carbocycles. The summed E-state index contributed by atoms with van der Waals surface area (Å²) >= 11 is 18.0. The van der Waals surface area contributed by atoms with Crippen LogP contribution in [-0.4, -0.2) is 6.21 Å². The van der Waals surface area contributed by atoms with Crippen LogP contribution in [0.1, 0.15) is 16.7 Å². The summed E-state index contributed by atoms with van der Waals surface area (Å²) in [7, 11) is 0. The van der Waals surface area contributed by atoms with Gasteiger partial charge in [-0.25, -0.2) is 0 Å². The third-order valence-corrected chi connectivity index (χ3v) is 4.65. The van der Waals surface area contributed by atoms with E-state index >= 15 is 0 Å². The van der Waals surface area contributed by atoms with Crippen LogP contribution >= 0.6 is 34.8 Å². The summed E-state index contributed by atoms with van der Waals surface area (Å²) < 4.78 is 5.91. The molecular weight excluding hydrogens is 403 g/mol. The number of nitrogens with one attached hydrogen (secondary N) is 1. The maximum absolute atomic E-state index is 6.20. The molecule has 0 radical (unpaired) electrons. The Labute approximate surface area is 173 Å². The second-order valence-corrected chi connectivity index (χ2v) is 7.06. The van der Waals surface area contributed by atoms with Gasteiger partial charge in [-0.1, -0.05) is 65.1 Å². The van der Waals surface area contributed by atoms with Crippen LogP contribution in [0, 0.1) is 0 Å². The van der Waals surface area contributed by atoms with Crippen molar-refractivity contribution in [2.45, 2.75) is 13.2 Å². The van der Waals surface area contributed by atoms with Crippen LogP contribution in [-0.2, 0) is 13.2 Å². The van der Waals surface area contributed by atoms with Crippen molar-refractivity contribution in [1.29, 1.82) is 0 Å². The van der Waals surface area contributed by atoms with Gasteiger partial charge in [0.25, 0.3) is 0 Å².